The molecule has 1 aliphatic rings. The SMILES string of the molecule is O=C1CS(=O)(=O)CN1c1ccc(F)cc1. The minimum Gasteiger partial charge on any atom is -0.297 e. The van der Waals surface area contributed by atoms with Crippen molar-refractivity contribution in [3.05, 3.63) is 30.1 Å². The molecule has 0 radical (unpaired) electrons. The van der Waals surface area contributed by atoms with Crippen LogP contribution >= 0.6 is 0 Å². The van der Waals surface area contributed by atoms with Gasteiger partial charge in [-0.15, -0.1) is 0 Å². The van der Waals surface area contributed by atoms with Crippen molar-refractivity contribution in [2.24, 2.45) is 0 Å². The molecule has 15 heavy (non-hydrogen) atoms. The second-order valence-corrected chi connectivity index (χ2v) is 5.35. The predicted octanol–water partition coefficient (Wildman–Crippen LogP) is 0.545. The summed E-state index contributed by atoms with van der Waals surface area (Å²) < 4.78 is 34.9. The molecule has 1 amide bonds. The zero-order valence-electron chi connectivity index (χ0n) is 7.68. The maximum absolute atomic E-state index is 12.6. The molecule has 1 aromatic rings. The van der Waals surface area contributed by atoms with E-state index in [9.17, 15) is 17.6 Å². The summed E-state index contributed by atoms with van der Waals surface area (Å²) in [7, 11) is -3.32. The first kappa shape index (κ1) is 10.1. The van der Waals surface area contributed by atoms with Crippen molar-refractivity contribution in [2.45, 2.75) is 0 Å². The van der Waals surface area contributed by atoms with Crippen LogP contribution in [0, 0.1) is 5.82 Å². The highest BCUT2D eigenvalue weighted by Crippen LogP contribution is 2.20. The van der Waals surface area contributed by atoms with Gasteiger partial charge in [0, 0.05) is 5.69 Å². The lowest BCUT2D eigenvalue weighted by Crippen LogP contribution is -2.25. The number of anilines is 1. The van der Waals surface area contributed by atoms with E-state index in [0.29, 0.717) is 5.69 Å². The average Bonchev–Trinajstić information content (AvgIpc) is 2.41. The van der Waals surface area contributed by atoms with E-state index in [0.717, 1.165) is 4.90 Å². The predicted molar refractivity (Wildman–Crippen MR) is 52.5 cm³/mol. The van der Waals surface area contributed by atoms with Gasteiger partial charge in [0.15, 0.2) is 9.84 Å². The van der Waals surface area contributed by atoms with Gasteiger partial charge in [-0.25, -0.2) is 12.8 Å². The van der Waals surface area contributed by atoms with E-state index in [1.807, 2.05) is 0 Å². The summed E-state index contributed by atoms with van der Waals surface area (Å²) in [4.78, 5) is 12.5. The molecular weight excluding hydrogens is 221 g/mol. The van der Waals surface area contributed by atoms with E-state index in [1.54, 1.807) is 0 Å². The van der Waals surface area contributed by atoms with Crippen LogP contribution < -0.4 is 4.90 Å². The first-order valence-corrected chi connectivity index (χ1v) is 6.06. The lowest BCUT2D eigenvalue weighted by molar-refractivity contribution is -0.115. The Labute approximate surface area is 86.2 Å². The summed E-state index contributed by atoms with van der Waals surface area (Å²) >= 11 is 0. The van der Waals surface area contributed by atoms with Crippen LogP contribution in [-0.2, 0) is 14.6 Å². The Morgan fingerprint density at radius 3 is 2.27 bits per heavy atom. The molecule has 1 saturated heterocycles. The van der Waals surface area contributed by atoms with Gasteiger partial charge < -0.3 is 0 Å². The van der Waals surface area contributed by atoms with E-state index >= 15 is 0 Å². The number of amides is 1. The third-order valence-corrected chi connectivity index (χ3v) is 3.45. The molecule has 0 aliphatic carbocycles. The summed E-state index contributed by atoms with van der Waals surface area (Å²) in [5, 5.41) is 0. The fourth-order valence-corrected chi connectivity index (χ4v) is 2.73. The van der Waals surface area contributed by atoms with Crippen molar-refractivity contribution in [3.8, 4) is 0 Å². The number of rotatable bonds is 1. The number of carbonyl (C=O) groups excluding carboxylic acids is 1. The largest absolute Gasteiger partial charge is 0.297 e. The lowest BCUT2D eigenvalue weighted by atomic mass is 10.3. The quantitative estimate of drug-likeness (QED) is 0.706. The van der Waals surface area contributed by atoms with Crippen LogP contribution in [0.4, 0.5) is 10.1 Å². The van der Waals surface area contributed by atoms with Crippen molar-refractivity contribution in [1.82, 2.24) is 0 Å². The number of benzene rings is 1. The van der Waals surface area contributed by atoms with Crippen molar-refractivity contribution >= 4 is 21.4 Å². The lowest BCUT2D eigenvalue weighted by Gasteiger charge is -2.13. The Balaban J connectivity index is 2.33. The monoisotopic (exact) mass is 229 g/mol. The molecule has 4 nitrogen and oxygen atoms in total. The molecule has 6 heteroatoms. The van der Waals surface area contributed by atoms with Gasteiger partial charge in [-0.3, -0.25) is 9.69 Å². The molecule has 1 aromatic carbocycles. The summed E-state index contributed by atoms with van der Waals surface area (Å²) in [6.45, 7) is 0. The molecule has 0 saturated carbocycles. The Bertz CT molecular complexity index is 495. The van der Waals surface area contributed by atoms with E-state index in [-0.39, 0.29) is 5.88 Å². The number of hydrogen-bond acceptors (Lipinski definition) is 3. The fraction of sp³-hybridized carbons (Fsp3) is 0.222. The molecule has 0 atom stereocenters. The number of halogens is 1. The van der Waals surface area contributed by atoms with Gasteiger partial charge in [0.25, 0.3) is 0 Å². The fourth-order valence-electron chi connectivity index (χ4n) is 1.42. The number of nitrogens with zero attached hydrogens (tertiary/aromatic N) is 1. The maximum Gasteiger partial charge on any atom is 0.243 e. The van der Waals surface area contributed by atoms with Gasteiger partial charge in [-0.05, 0) is 24.3 Å². The van der Waals surface area contributed by atoms with Gasteiger partial charge in [0.2, 0.25) is 5.91 Å². The zero-order valence-corrected chi connectivity index (χ0v) is 8.50. The Morgan fingerprint density at radius 2 is 1.80 bits per heavy atom. The van der Waals surface area contributed by atoms with Gasteiger partial charge in [0.1, 0.15) is 17.4 Å². The van der Waals surface area contributed by atoms with E-state index in [4.69, 9.17) is 0 Å². The molecule has 2 rings (SSSR count). The first-order chi connectivity index (χ1) is 6.98. The summed E-state index contributed by atoms with van der Waals surface area (Å²) in [5.74, 6) is -1.68. The van der Waals surface area contributed by atoms with Crippen molar-refractivity contribution in [3.63, 3.8) is 0 Å². The minimum atomic E-state index is -3.32. The second-order valence-electron chi connectivity index (χ2n) is 3.32. The highest BCUT2D eigenvalue weighted by atomic mass is 32.2. The average molecular weight is 229 g/mol. The molecular formula is C9H8FNO3S. The van der Waals surface area contributed by atoms with E-state index in [1.165, 1.54) is 24.3 Å². The normalized spacial score (nSPS) is 19.5. The molecule has 1 aliphatic heterocycles. The summed E-state index contributed by atoms with van der Waals surface area (Å²) in [6.07, 6.45) is 0. The molecule has 0 spiro atoms. The zero-order chi connectivity index (χ0) is 11.1. The molecule has 0 bridgehead atoms. The molecule has 1 heterocycles. The van der Waals surface area contributed by atoms with Crippen molar-refractivity contribution in [1.29, 1.82) is 0 Å². The summed E-state index contributed by atoms with van der Waals surface area (Å²) in [5.41, 5.74) is 0.405. The molecule has 0 aromatic heterocycles. The number of carbonyl (C=O) groups is 1. The van der Waals surface area contributed by atoms with Crippen LogP contribution in [0.1, 0.15) is 0 Å². The van der Waals surface area contributed by atoms with Crippen molar-refractivity contribution < 1.29 is 17.6 Å². The minimum absolute atomic E-state index is 0.322. The van der Waals surface area contributed by atoms with Gasteiger partial charge in [-0.2, -0.15) is 0 Å². The van der Waals surface area contributed by atoms with Gasteiger partial charge in [-0.1, -0.05) is 0 Å². The highest BCUT2D eigenvalue weighted by Gasteiger charge is 2.33. The third kappa shape index (κ3) is 1.99. The highest BCUT2D eigenvalue weighted by molar-refractivity contribution is 7.92. The standard InChI is InChI=1S/C9H8FNO3S/c10-7-1-3-8(4-2-7)11-6-15(13,14)5-9(11)12/h1-4H,5-6H2. The van der Waals surface area contributed by atoms with Crippen molar-refractivity contribution in [2.75, 3.05) is 16.5 Å². The Kier molecular flexibility index (Phi) is 2.22. The Morgan fingerprint density at radius 1 is 1.20 bits per heavy atom. The maximum atomic E-state index is 12.6. The van der Waals surface area contributed by atoms with Gasteiger partial charge >= 0.3 is 0 Å². The third-order valence-electron chi connectivity index (χ3n) is 2.11. The second kappa shape index (κ2) is 3.30. The molecule has 0 unspecified atom stereocenters. The van der Waals surface area contributed by atoms with Crippen LogP contribution in [0.2, 0.25) is 0 Å². The van der Waals surface area contributed by atoms with Crippen LogP contribution in [0.5, 0.6) is 0 Å². The number of sulfone groups is 1. The summed E-state index contributed by atoms with van der Waals surface area (Å²) in [6, 6.07) is 5.14. The van der Waals surface area contributed by atoms with Gasteiger partial charge in [0.05, 0.1) is 0 Å². The van der Waals surface area contributed by atoms with Crippen LogP contribution in [-0.4, -0.2) is 26.0 Å². The molecule has 80 valence electrons. The Hall–Kier alpha value is -1.43. The first-order valence-electron chi connectivity index (χ1n) is 4.24. The molecule has 0 N–H and O–H groups in total. The van der Waals surface area contributed by atoms with Crippen LogP contribution in [0.25, 0.3) is 0 Å². The smallest absolute Gasteiger partial charge is 0.243 e. The van der Waals surface area contributed by atoms with Crippen LogP contribution in [0.3, 0.4) is 0 Å². The number of hydrogen-bond donors (Lipinski definition) is 0. The molecule has 1 fully saturated rings. The van der Waals surface area contributed by atoms with Crippen LogP contribution in [0.15, 0.2) is 24.3 Å². The van der Waals surface area contributed by atoms with E-state index < -0.39 is 27.3 Å². The topological polar surface area (TPSA) is 54.5 Å². The van der Waals surface area contributed by atoms with E-state index in [2.05, 4.69) is 0 Å².